The highest BCUT2D eigenvalue weighted by molar-refractivity contribution is 5.94. The van der Waals surface area contributed by atoms with Crippen molar-refractivity contribution in [2.45, 2.75) is 115 Å². The van der Waals surface area contributed by atoms with Crippen molar-refractivity contribution in [3.63, 3.8) is 0 Å². The number of likely N-dealkylation sites (tertiary alicyclic amines) is 1. The number of hydrogen-bond acceptors (Lipinski definition) is 8. The monoisotopic (exact) mass is 760 g/mol. The van der Waals surface area contributed by atoms with E-state index in [0.717, 1.165) is 56.2 Å². The zero-order chi connectivity index (χ0) is 39.5. The van der Waals surface area contributed by atoms with Gasteiger partial charge in [-0.15, -0.1) is 0 Å². The molecule has 300 valence electrons. The van der Waals surface area contributed by atoms with E-state index in [-0.39, 0.29) is 47.3 Å². The number of benzene rings is 1. The molecule has 0 radical (unpaired) electrons. The molecule has 1 aromatic heterocycles. The maximum absolute atomic E-state index is 13.3. The number of nitrogens with one attached hydrogen (secondary N) is 6. The fourth-order valence-corrected chi connectivity index (χ4v) is 8.00. The smallest absolute Gasteiger partial charge is 0.275 e. The first-order valence-electron chi connectivity index (χ1n) is 20.1. The highest BCUT2D eigenvalue weighted by atomic mass is 16.2. The molecule has 2 unspecified atom stereocenters. The van der Waals surface area contributed by atoms with Gasteiger partial charge in [0, 0.05) is 25.3 Å². The summed E-state index contributed by atoms with van der Waals surface area (Å²) < 4.78 is 1.54. The number of aromatic nitrogens is 1. The number of nitrogens with zero attached hydrogens (tertiary/aromatic N) is 2. The van der Waals surface area contributed by atoms with E-state index in [2.05, 4.69) is 56.2 Å². The van der Waals surface area contributed by atoms with Crippen LogP contribution in [0.3, 0.4) is 0 Å². The molecule has 6 N–H and O–H groups in total. The summed E-state index contributed by atoms with van der Waals surface area (Å²) in [4.78, 5) is 78.7. The molecule has 2 fully saturated rings. The second-order valence-corrected chi connectivity index (χ2v) is 15.4. The van der Waals surface area contributed by atoms with E-state index in [4.69, 9.17) is 0 Å². The van der Waals surface area contributed by atoms with Gasteiger partial charge in [0.1, 0.15) is 17.8 Å². The number of amides is 5. The van der Waals surface area contributed by atoms with Gasteiger partial charge in [0.2, 0.25) is 29.5 Å². The molecule has 5 rings (SSSR count). The Bertz CT molecular complexity index is 1730. The second kappa shape index (κ2) is 19.9. The molecule has 2 aromatic rings. The third-order valence-electron chi connectivity index (χ3n) is 11.7. The first-order chi connectivity index (χ1) is 26.5. The van der Waals surface area contributed by atoms with Crippen LogP contribution in [-0.2, 0) is 36.8 Å². The van der Waals surface area contributed by atoms with Crippen LogP contribution in [0.25, 0.3) is 0 Å². The van der Waals surface area contributed by atoms with Gasteiger partial charge in [-0.1, -0.05) is 37.1 Å². The summed E-state index contributed by atoms with van der Waals surface area (Å²) in [6, 6.07) is 10.0. The summed E-state index contributed by atoms with van der Waals surface area (Å²) >= 11 is 0. The zero-order valence-corrected chi connectivity index (χ0v) is 32.9. The molecule has 0 spiro atoms. The lowest BCUT2D eigenvalue weighted by molar-refractivity contribution is -0.139. The van der Waals surface area contributed by atoms with Crippen LogP contribution in [0, 0.1) is 5.92 Å². The molecule has 5 amide bonds. The van der Waals surface area contributed by atoms with E-state index >= 15 is 0 Å². The molecule has 6 atom stereocenters. The van der Waals surface area contributed by atoms with Gasteiger partial charge in [-0.25, -0.2) is 0 Å². The van der Waals surface area contributed by atoms with Gasteiger partial charge in [-0.2, -0.15) is 0 Å². The van der Waals surface area contributed by atoms with Crippen LogP contribution in [0.4, 0.5) is 5.69 Å². The molecule has 3 heterocycles. The summed E-state index contributed by atoms with van der Waals surface area (Å²) in [5.41, 5.74) is 3.06. The Hall–Kier alpha value is -4.56. The van der Waals surface area contributed by atoms with Crippen molar-refractivity contribution in [3.8, 4) is 0 Å². The summed E-state index contributed by atoms with van der Waals surface area (Å²) in [7, 11) is 3.37. The van der Waals surface area contributed by atoms with Gasteiger partial charge in [0.15, 0.2) is 0 Å². The van der Waals surface area contributed by atoms with E-state index in [9.17, 15) is 28.8 Å². The van der Waals surface area contributed by atoms with Crippen LogP contribution in [-0.4, -0.2) is 97.4 Å². The fraction of sp³-hybridized carbons (Fsp3) is 0.610. The van der Waals surface area contributed by atoms with Gasteiger partial charge in [-0.05, 0) is 121 Å². The van der Waals surface area contributed by atoms with Gasteiger partial charge in [0.05, 0.1) is 18.6 Å². The Kier molecular flexibility index (Phi) is 15.0. The quantitative estimate of drug-likeness (QED) is 0.151. The van der Waals surface area contributed by atoms with Crippen LogP contribution < -0.4 is 37.5 Å². The van der Waals surface area contributed by atoms with Crippen molar-refractivity contribution in [1.29, 1.82) is 0 Å². The lowest BCUT2D eigenvalue weighted by Crippen LogP contribution is -2.53. The first-order valence-corrected chi connectivity index (χ1v) is 20.1. The van der Waals surface area contributed by atoms with E-state index in [1.165, 1.54) is 10.1 Å². The number of anilines is 1. The van der Waals surface area contributed by atoms with Crippen LogP contribution in [0.5, 0.6) is 0 Å². The summed E-state index contributed by atoms with van der Waals surface area (Å²) in [6.45, 7) is 4.95. The molecule has 55 heavy (non-hydrogen) atoms. The summed E-state index contributed by atoms with van der Waals surface area (Å²) in [5.74, 6) is -0.166. The van der Waals surface area contributed by atoms with Crippen molar-refractivity contribution in [1.82, 2.24) is 36.1 Å². The van der Waals surface area contributed by atoms with Crippen molar-refractivity contribution in [2.75, 3.05) is 45.6 Å². The molecule has 1 saturated heterocycles. The Morgan fingerprint density at radius 3 is 2.31 bits per heavy atom. The number of carbonyl (C=O) groups is 5. The molecule has 0 bridgehead atoms. The first kappa shape index (κ1) is 41.6. The lowest BCUT2D eigenvalue weighted by atomic mass is 9.76. The van der Waals surface area contributed by atoms with Crippen molar-refractivity contribution in [2.24, 2.45) is 5.92 Å². The maximum Gasteiger partial charge on any atom is 0.275 e. The van der Waals surface area contributed by atoms with E-state index in [1.54, 1.807) is 38.9 Å². The number of hydrogen-bond donors (Lipinski definition) is 6. The standard InChI is InChI=1S/C41H60N8O6/c1-26(42-3)37(51)46-33-10-5-6-23-48(40(33)54)25-36(50)44-21-19-28-11-13-30(14-12-28)31-9-7-8-29(24-31)20-22-45-39(53)35-18-16-32-15-17-34(41(55)49(32)35)47-38(52)27(2)43-4/h11-15,17,26-27,29,31,33,35,42-43H,5-10,16,18-25H2,1-4H3,(H,44,50)(H,45,53)(H,46,51)(H,47,52)/t26-,27-,29?,31?,33-,35-/m0/s1. The van der Waals surface area contributed by atoms with Crippen LogP contribution >= 0.6 is 0 Å². The number of carbonyl (C=O) groups excluding carboxylic acids is 5. The van der Waals surface area contributed by atoms with Crippen LogP contribution in [0.1, 0.15) is 100 Å². The van der Waals surface area contributed by atoms with Gasteiger partial charge < -0.3 is 36.8 Å². The highest BCUT2D eigenvalue weighted by Gasteiger charge is 2.32. The Balaban J connectivity index is 1.04. The molecular weight excluding hydrogens is 701 g/mol. The molecular formula is C41H60N8O6. The van der Waals surface area contributed by atoms with Crippen molar-refractivity contribution in [3.05, 3.63) is 63.6 Å². The Morgan fingerprint density at radius 1 is 0.818 bits per heavy atom. The van der Waals surface area contributed by atoms with E-state index < -0.39 is 24.2 Å². The van der Waals surface area contributed by atoms with E-state index in [1.807, 2.05) is 6.07 Å². The van der Waals surface area contributed by atoms with Crippen LogP contribution in [0.2, 0.25) is 0 Å². The van der Waals surface area contributed by atoms with Crippen LogP contribution in [0.15, 0.2) is 41.2 Å². The number of fused-ring (bicyclic) bond motifs is 1. The number of pyridine rings is 1. The molecule has 14 heteroatoms. The minimum Gasteiger partial charge on any atom is -0.354 e. The maximum atomic E-state index is 13.3. The molecule has 1 aromatic carbocycles. The third kappa shape index (κ3) is 11.0. The number of rotatable bonds is 16. The minimum atomic E-state index is -0.614. The molecule has 1 aliphatic carbocycles. The van der Waals surface area contributed by atoms with Gasteiger partial charge in [0.25, 0.3) is 5.56 Å². The van der Waals surface area contributed by atoms with Gasteiger partial charge in [-0.3, -0.25) is 33.3 Å². The second-order valence-electron chi connectivity index (χ2n) is 15.4. The zero-order valence-electron chi connectivity index (χ0n) is 32.9. The molecule has 14 nitrogen and oxygen atoms in total. The average Bonchev–Trinajstić information content (AvgIpc) is 3.56. The molecule has 2 aliphatic heterocycles. The topological polar surface area (TPSA) is 183 Å². The highest BCUT2D eigenvalue weighted by Crippen LogP contribution is 2.37. The SMILES string of the molecule is CN[C@@H](C)C(=O)Nc1ccc2n(c1=O)[C@H](C(=O)NCCC1CCCC(c3ccc(CCNC(=O)CN4CCCC[C@H](NC(=O)[C@H](C)NC)C4=O)cc3)C1)CC2. The number of aryl methyl sites for hydroxylation is 1. The Labute approximate surface area is 324 Å². The van der Waals surface area contributed by atoms with Crippen molar-refractivity contribution >= 4 is 35.2 Å². The fourth-order valence-electron chi connectivity index (χ4n) is 8.00. The largest absolute Gasteiger partial charge is 0.354 e. The predicted molar refractivity (Wildman–Crippen MR) is 212 cm³/mol. The molecule has 3 aliphatic rings. The minimum absolute atomic E-state index is 0.0224. The van der Waals surface area contributed by atoms with E-state index in [0.29, 0.717) is 57.2 Å². The summed E-state index contributed by atoms with van der Waals surface area (Å²) in [6.07, 6.45) is 9.34. The molecule has 1 saturated carbocycles. The average molecular weight is 761 g/mol. The summed E-state index contributed by atoms with van der Waals surface area (Å²) in [5, 5.41) is 17.3. The lowest BCUT2D eigenvalue weighted by Gasteiger charge is -2.30. The number of likely N-dealkylation sites (N-methyl/N-ethyl adjacent to an activating group) is 2. The Morgan fingerprint density at radius 2 is 1.56 bits per heavy atom. The van der Waals surface area contributed by atoms with Gasteiger partial charge >= 0.3 is 0 Å². The third-order valence-corrected chi connectivity index (χ3v) is 11.7. The normalized spacial score (nSPS) is 22.2. The predicted octanol–water partition coefficient (Wildman–Crippen LogP) is 2.13. The van der Waals surface area contributed by atoms with Crippen molar-refractivity contribution < 1.29 is 24.0 Å².